The number of fused-ring (bicyclic) bond motifs is 2. The number of halogens is 1. The molecule has 2 aromatic rings. The van der Waals surface area contributed by atoms with Crippen LogP contribution in [0.15, 0.2) is 78.9 Å². The predicted molar refractivity (Wildman–Crippen MR) is 171 cm³/mol. The third-order valence-corrected chi connectivity index (χ3v) is 11.8. The molecule has 2 saturated heterocycles. The number of benzene rings is 2. The van der Waals surface area contributed by atoms with E-state index in [1.807, 2.05) is 86.4 Å². The highest BCUT2D eigenvalue weighted by Gasteiger charge is 2.74. The maximum atomic E-state index is 14.8. The van der Waals surface area contributed by atoms with Crippen molar-refractivity contribution in [1.29, 1.82) is 0 Å². The highest BCUT2D eigenvalue weighted by atomic mass is 35.5. The molecule has 0 aliphatic carbocycles. The molecule has 0 bridgehead atoms. The van der Waals surface area contributed by atoms with E-state index in [0.717, 1.165) is 12.0 Å². The summed E-state index contributed by atoms with van der Waals surface area (Å²) in [6.07, 6.45) is 8.81. The van der Waals surface area contributed by atoms with E-state index in [4.69, 9.17) is 11.6 Å². The highest BCUT2D eigenvalue weighted by molar-refractivity contribution is 8.02. The van der Waals surface area contributed by atoms with Crippen molar-refractivity contribution in [2.24, 2.45) is 17.8 Å². The van der Waals surface area contributed by atoms with Crippen LogP contribution in [0.3, 0.4) is 0 Å². The van der Waals surface area contributed by atoms with Gasteiger partial charge in [0.25, 0.3) is 5.91 Å². The number of thioether (sulfide) groups is 1. The smallest absolute Gasteiger partial charge is 0.251 e. The summed E-state index contributed by atoms with van der Waals surface area (Å²) in [4.78, 5) is 49.3. The van der Waals surface area contributed by atoms with E-state index in [2.05, 4.69) is 6.08 Å². The fraction of sp³-hybridized carbons (Fsp3) is 0.441. The zero-order valence-corrected chi connectivity index (χ0v) is 26.3. The molecule has 4 heterocycles. The normalized spacial score (nSPS) is 31.4. The van der Waals surface area contributed by atoms with E-state index in [1.165, 1.54) is 0 Å². The molecule has 0 aromatic heterocycles. The van der Waals surface area contributed by atoms with Gasteiger partial charge in [-0.2, -0.15) is 0 Å². The summed E-state index contributed by atoms with van der Waals surface area (Å²) >= 11 is 7.73. The van der Waals surface area contributed by atoms with E-state index in [9.17, 15) is 19.5 Å². The molecular formula is C34H38ClN3O4S. The van der Waals surface area contributed by atoms with Gasteiger partial charge in [-0.05, 0) is 42.7 Å². The quantitative estimate of drug-likeness (QED) is 0.444. The molecule has 1 unspecified atom stereocenters. The molecule has 4 aliphatic heterocycles. The van der Waals surface area contributed by atoms with Crippen LogP contribution in [-0.2, 0) is 20.9 Å². The summed E-state index contributed by atoms with van der Waals surface area (Å²) in [5.74, 6) is -2.01. The number of aliphatic hydroxyl groups excluding tert-OH is 1. The summed E-state index contributed by atoms with van der Waals surface area (Å²) in [6.45, 7) is 7.00. The van der Waals surface area contributed by atoms with Gasteiger partial charge >= 0.3 is 0 Å². The van der Waals surface area contributed by atoms with Gasteiger partial charge < -0.3 is 19.8 Å². The van der Waals surface area contributed by atoms with E-state index < -0.39 is 33.4 Å². The number of amides is 3. The molecule has 0 radical (unpaired) electrons. The van der Waals surface area contributed by atoms with Crippen LogP contribution in [-0.4, -0.2) is 73.9 Å². The molecular weight excluding hydrogens is 582 g/mol. The lowest BCUT2D eigenvalue weighted by atomic mass is 9.74. The Morgan fingerprint density at radius 1 is 0.953 bits per heavy atom. The number of carbonyl (C=O) groups is 3. The number of aliphatic hydroxyl groups is 1. The standard InChI is InChI=1S/C34H38ClN3O4S/c1-4-22(2)26(21-39)38-29-32(42)37(25-14-12-24(35)13-15-25)19-9-17-34(29)28(31(38)41)27-30(40)36(18-8-16-33(27,3)43-34)20-23-10-6-5-7-11-23/h5-17,22,26-29,39H,4,18-21H2,1-3H3/t22-,26-,27+,28-,29?,33-,34-/m0/s1. The molecule has 2 aromatic carbocycles. The molecule has 43 heavy (non-hydrogen) atoms. The molecule has 7 nitrogen and oxygen atoms in total. The zero-order valence-electron chi connectivity index (χ0n) is 24.7. The monoisotopic (exact) mass is 619 g/mol. The lowest BCUT2D eigenvalue weighted by molar-refractivity contribution is -0.146. The molecule has 7 atom stereocenters. The fourth-order valence-corrected chi connectivity index (χ4v) is 9.75. The maximum Gasteiger partial charge on any atom is 0.251 e. The van der Waals surface area contributed by atoms with Gasteiger partial charge in [0.1, 0.15) is 6.04 Å². The first-order valence-electron chi connectivity index (χ1n) is 15.0. The molecule has 6 rings (SSSR count). The van der Waals surface area contributed by atoms with Crippen molar-refractivity contribution in [3.63, 3.8) is 0 Å². The maximum absolute atomic E-state index is 14.8. The van der Waals surface area contributed by atoms with E-state index in [1.54, 1.807) is 33.7 Å². The van der Waals surface area contributed by atoms with Crippen LogP contribution in [0.5, 0.6) is 0 Å². The number of nitrogens with zero attached hydrogens (tertiary/aromatic N) is 3. The third kappa shape index (κ3) is 4.82. The number of anilines is 1. The summed E-state index contributed by atoms with van der Waals surface area (Å²) in [7, 11) is 0. The van der Waals surface area contributed by atoms with Gasteiger partial charge in [0.15, 0.2) is 0 Å². The molecule has 1 N–H and O–H groups in total. The first kappa shape index (κ1) is 30.0. The Morgan fingerprint density at radius 2 is 1.65 bits per heavy atom. The van der Waals surface area contributed by atoms with Gasteiger partial charge in [-0.25, -0.2) is 0 Å². The Morgan fingerprint density at radius 3 is 2.33 bits per heavy atom. The minimum absolute atomic E-state index is 0.0514. The first-order valence-corrected chi connectivity index (χ1v) is 16.2. The number of likely N-dealkylation sites (tertiary alicyclic amines) is 1. The van der Waals surface area contributed by atoms with E-state index in [0.29, 0.717) is 30.3 Å². The second-order valence-electron chi connectivity index (χ2n) is 12.3. The Kier molecular flexibility index (Phi) is 7.98. The first-order chi connectivity index (χ1) is 20.6. The number of carbonyl (C=O) groups excluding carboxylic acids is 3. The van der Waals surface area contributed by atoms with Gasteiger partial charge in [-0.3, -0.25) is 14.4 Å². The Labute approximate surface area is 262 Å². The van der Waals surface area contributed by atoms with Crippen molar-refractivity contribution in [3.05, 3.63) is 89.5 Å². The van der Waals surface area contributed by atoms with E-state index in [-0.39, 0.29) is 30.2 Å². The fourth-order valence-electron chi connectivity index (χ4n) is 7.48. The van der Waals surface area contributed by atoms with Crippen LogP contribution in [0.2, 0.25) is 5.02 Å². The number of hydrogen-bond donors (Lipinski definition) is 1. The minimum Gasteiger partial charge on any atom is -0.394 e. The minimum atomic E-state index is -0.981. The molecule has 226 valence electrons. The van der Waals surface area contributed by atoms with Crippen molar-refractivity contribution >= 4 is 46.8 Å². The van der Waals surface area contributed by atoms with Crippen molar-refractivity contribution in [1.82, 2.24) is 9.80 Å². The largest absolute Gasteiger partial charge is 0.394 e. The Hall–Kier alpha value is -3.07. The molecule has 0 saturated carbocycles. The lowest BCUT2D eigenvalue weighted by Crippen LogP contribution is -2.58. The van der Waals surface area contributed by atoms with Gasteiger partial charge in [0.2, 0.25) is 11.8 Å². The summed E-state index contributed by atoms with van der Waals surface area (Å²) < 4.78 is -1.68. The molecule has 4 aliphatic rings. The van der Waals surface area contributed by atoms with Crippen molar-refractivity contribution in [2.75, 3.05) is 24.6 Å². The zero-order chi connectivity index (χ0) is 30.5. The van der Waals surface area contributed by atoms with Crippen molar-refractivity contribution in [2.45, 2.75) is 55.3 Å². The average molecular weight is 620 g/mol. The lowest BCUT2D eigenvalue weighted by Gasteiger charge is -2.41. The topological polar surface area (TPSA) is 81.2 Å². The van der Waals surface area contributed by atoms with Crippen LogP contribution >= 0.6 is 23.4 Å². The van der Waals surface area contributed by atoms with Crippen LogP contribution < -0.4 is 4.90 Å². The van der Waals surface area contributed by atoms with Gasteiger partial charge in [-0.1, -0.05) is 86.5 Å². The number of hydrogen-bond acceptors (Lipinski definition) is 5. The molecule has 9 heteroatoms. The SMILES string of the molecule is CC[C@H](C)[C@H](CO)N1C(=O)[C@@H]2[C@@H]3C(=O)N(Cc4ccccc4)CC=C[C@]3(C)S[C@@]23C=CCN(c2ccc(Cl)cc2)C(=O)C13. The third-order valence-electron chi connectivity index (χ3n) is 9.78. The van der Waals surface area contributed by atoms with Crippen LogP contribution in [0.4, 0.5) is 5.69 Å². The highest BCUT2D eigenvalue weighted by Crippen LogP contribution is 2.66. The second kappa shape index (κ2) is 11.5. The van der Waals surface area contributed by atoms with Crippen molar-refractivity contribution in [3.8, 4) is 0 Å². The summed E-state index contributed by atoms with van der Waals surface area (Å²) in [5, 5.41) is 11.2. The Bertz CT molecular complexity index is 1470. The van der Waals surface area contributed by atoms with Crippen LogP contribution in [0.25, 0.3) is 0 Å². The predicted octanol–water partition coefficient (Wildman–Crippen LogP) is 4.94. The number of rotatable bonds is 7. The van der Waals surface area contributed by atoms with Gasteiger partial charge in [-0.15, -0.1) is 11.8 Å². The summed E-state index contributed by atoms with van der Waals surface area (Å²) in [5.41, 5.74) is 1.70. The summed E-state index contributed by atoms with van der Waals surface area (Å²) in [6, 6.07) is 15.5. The molecule has 3 amide bonds. The average Bonchev–Trinajstić information content (AvgIpc) is 3.27. The van der Waals surface area contributed by atoms with Gasteiger partial charge in [0, 0.05) is 35.1 Å². The Balaban J connectivity index is 1.47. The van der Waals surface area contributed by atoms with Crippen LogP contribution in [0, 0.1) is 17.8 Å². The van der Waals surface area contributed by atoms with Crippen LogP contribution in [0.1, 0.15) is 32.8 Å². The van der Waals surface area contributed by atoms with Crippen molar-refractivity contribution < 1.29 is 19.5 Å². The molecule has 1 spiro atoms. The van der Waals surface area contributed by atoms with E-state index >= 15 is 0 Å². The second-order valence-corrected chi connectivity index (χ2v) is 14.5. The van der Waals surface area contributed by atoms with Gasteiger partial charge in [0.05, 0.1) is 29.2 Å². The molecule has 2 fully saturated rings.